The summed E-state index contributed by atoms with van der Waals surface area (Å²) in [6.45, 7) is 2.79. The molecule has 0 aliphatic rings. The van der Waals surface area contributed by atoms with E-state index in [1.807, 2.05) is 42.5 Å². The Balaban J connectivity index is 1.87. The van der Waals surface area contributed by atoms with Crippen LogP contribution in [0.2, 0.25) is 0 Å². The molecule has 0 aliphatic carbocycles. The second-order valence-electron chi connectivity index (χ2n) is 6.57. The van der Waals surface area contributed by atoms with Gasteiger partial charge in [0.1, 0.15) is 6.54 Å². The average Bonchev–Trinajstić information content (AvgIpc) is 2.76. The number of pyridine rings is 1. The molecule has 0 spiro atoms. The lowest BCUT2D eigenvalue weighted by Gasteiger charge is -2.04. The maximum absolute atomic E-state index is 13.9. The summed E-state index contributed by atoms with van der Waals surface area (Å²) in [6.07, 6.45) is 7.59. The highest BCUT2D eigenvalue weighted by atomic mass is 19.1. The quantitative estimate of drug-likeness (QED) is 0.473. The van der Waals surface area contributed by atoms with E-state index in [2.05, 4.69) is 11.5 Å². The molecule has 0 amide bonds. The first-order valence-electron chi connectivity index (χ1n) is 9.61. The first kappa shape index (κ1) is 21.2. The molecule has 30 heavy (non-hydrogen) atoms. The zero-order valence-electron chi connectivity index (χ0n) is 17.2. The Bertz CT molecular complexity index is 1010. The Hall–Kier alpha value is -3.47. The van der Waals surface area contributed by atoms with Crippen molar-refractivity contribution in [2.24, 2.45) is 0 Å². The SMILES string of the molecule is CC[n+]1c(/C=C/c2ccc(OC)c(F)c2)cccc1/C=C/c1ccc(OC)c(F)c1. The Morgan fingerprint density at radius 1 is 0.733 bits per heavy atom. The normalized spacial score (nSPS) is 11.4. The third-order valence-corrected chi connectivity index (χ3v) is 4.72. The van der Waals surface area contributed by atoms with Gasteiger partial charge >= 0.3 is 0 Å². The molecule has 1 aromatic heterocycles. The van der Waals surface area contributed by atoms with Gasteiger partial charge in [-0.1, -0.05) is 12.1 Å². The van der Waals surface area contributed by atoms with Crippen LogP contribution < -0.4 is 14.0 Å². The molecular weight excluding hydrogens is 384 g/mol. The van der Waals surface area contributed by atoms with Crippen LogP contribution in [0.3, 0.4) is 0 Å². The summed E-state index contributed by atoms with van der Waals surface area (Å²) in [6, 6.07) is 15.6. The molecule has 2 aromatic carbocycles. The molecule has 0 fully saturated rings. The number of nitrogens with zero attached hydrogens (tertiary/aromatic N) is 1. The summed E-state index contributed by atoms with van der Waals surface area (Å²) in [7, 11) is 2.88. The van der Waals surface area contributed by atoms with E-state index in [9.17, 15) is 8.78 Å². The van der Waals surface area contributed by atoms with E-state index in [0.29, 0.717) is 0 Å². The topological polar surface area (TPSA) is 22.3 Å². The lowest BCUT2D eigenvalue weighted by Crippen LogP contribution is -2.38. The minimum Gasteiger partial charge on any atom is -0.494 e. The molecule has 0 saturated heterocycles. The van der Waals surface area contributed by atoms with Crippen molar-refractivity contribution in [1.82, 2.24) is 0 Å². The molecule has 154 valence electrons. The van der Waals surface area contributed by atoms with Gasteiger partial charge in [0.25, 0.3) is 0 Å². The maximum Gasteiger partial charge on any atom is 0.205 e. The number of hydrogen-bond acceptors (Lipinski definition) is 2. The highest BCUT2D eigenvalue weighted by Gasteiger charge is 2.11. The van der Waals surface area contributed by atoms with Crippen molar-refractivity contribution in [2.45, 2.75) is 13.5 Å². The predicted octanol–water partition coefficient (Wildman–Crippen LogP) is 5.63. The van der Waals surface area contributed by atoms with Gasteiger partial charge in [-0.25, -0.2) is 8.78 Å². The molecule has 1 heterocycles. The number of aromatic nitrogens is 1. The molecule has 0 N–H and O–H groups in total. The van der Waals surface area contributed by atoms with E-state index in [-0.39, 0.29) is 11.5 Å². The standard InChI is InChI=1S/C25H24F2NO2/c1-4-28-20(12-8-18-10-14-24(29-2)22(26)16-18)6-5-7-21(28)13-9-19-11-15-25(30-3)23(27)17-19/h5-17H,4H2,1-3H3/q+1/b12-8+,13-9+. The van der Waals surface area contributed by atoms with Gasteiger partial charge in [-0.3, -0.25) is 0 Å². The van der Waals surface area contributed by atoms with E-state index >= 15 is 0 Å². The zero-order valence-corrected chi connectivity index (χ0v) is 17.2. The van der Waals surface area contributed by atoms with Crippen LogP contribution in [0, 0.1) is 11.6 Å². The fraction of sp³-hybridized carbons (Fsp3) is 0.160. The van der Waals surface area contributed by atoms with Crippen LogP contribution >= 0.6 is 0 Å². The van der Waals surface area contributed by atoms with E-state index in [4.69, 9.17) is 9.47 Å². The van der Waals surface area contributed by atoms with Crippen molar-refractivity contribution >= 4 is 24.3 Å². The predicted molar refractivity (Wildman–Crippen MR) is 116 cm³/mol. The lowest BCUT2D eigenvalue weighted by atomic mass is 10.1. The van der Waals surface area contributed by atoms with Gasteiger partial charge in [0, 0.05) is 24.3 Å². The van der Waals surface area contributed by atoms with Gasteiger partial charge in [0.15, 0.2) is 23.1 Å². The molecular formula is C25H24F2NO2+. The minimum atomic E-state index is -0.397. The number of benzene rings is 2. The van der Waals surface area contributed by atoms with Crippen LogP contribution in [0.4, 0.5) is 8.78 Å². The molecule has 0 saturated carbocycles. The lowest BCUT2D eigenvalue weighted by molar-refractivity contribution is -0.696. The second kappa shape index (κ2) is 9.83. The van der Waals surface area contributed by atoms with Crippen molar-refractivity contribution in [3.63, 3.8) is 0 Å². The number of halogens is 2. The van der Waals surface area contributed by atoms with E-state index in [1.54, 1.807) is 24.3 Å². The first-order valence-corrected chi connectivity index (χ1v) is 9.61. The average molecular weight is 408 g/mol. The monoisotopic (exact) mass is 408 g/mol. The van der Waals surface area contributed by atoms with Crippen LogP contribution in [0.1, 0.15) is 29.4 Å². The van der Waals surface area contributed by atoms with Crippen molar-refractivity contribution < 1.29 is 22.8 Å². The van der Waals surface area contributed by atoms with Gasteiger partial charge in [-0.15, -0.1) is 0 Å². The van der Waals surface area contributed by atoms with Gasteiger partial charge < -0.3 is 9.47 Å². The molecule has 0 unspecified atom stereocenters. The summed E-state index contributed by atoms with van der Waals surface area (Å²) in [5, 5.41) is 0. The first-order chi connectivity index (χ1) is 14.5. The van der Waals surface area contributed by atoms with Gasteiger partial charge in [0.2, 0.25) is 11.4 Å². The minimum absolute atomic E-state index is 0.220. The Kier molecular flexibility index (Phi) is 6.96. The molecule has 3 aromatic rings. The molecule has 3 rings (SSSR count). The highest BCUT2D eigenvalue weighted by Crippen LogP contribution is 2.20. The van der Waals surface area contributed by atoms with Crippen molar-refractivity contribution in [3.8, 4) is 11.5 Å². The molecule has 0 atom stereocenters. The second-order valence-corrected chi connectivity index (χ2v) is 6.57. The summed E-state index contributed by atoms with van der Waals surface area (Å²) in [4.78, 5) is 0. The Morgan fingerprint density at radius 3 is 1.57 bits per heavy atom. The van der Waals surface area contributed by atoms with Crippen molar-refractivity contribution in [3.05, 3.63) is 88.7 Å². The number of ether oxygens (including phenoxy) is 2. The number of rotatable bonds is 7. The van der Waals surface area contributed by atoms with Gasteiger partial charge in [-0.2, -0.15) is 4.57 Å². The molecule has 3 nitrogen and oxygen atoms in total. The van der Waals surface area contributed by atoms with Crippen LogP contribution in [0.25, 0.3) is 24.3 Å². The van der Waals surface area contributed by atoms with E-state index in [1.165, 1.54) is 26.4 Å². The van der Waals surface area contributed by atoms with Crippen molar-refractivity contribution in [2.75, 3.05) is 14.2 Å². The summed E-state index contributed by atoms with van der Waals surface area (Å²) in [5.41, 5.74) is 3.42. The summed E-state index contributed by atoms with van der Waals surface area (Å²) >= 11 is 0. The van der Waals surface area contributed by atoms with Crippen molar-refractivity contribution in [1.29, 1.82) is 0 Å². The summed E-state index contributed by atoms with van der Waals surface area (Å²) in [5.74, 6) is -0.353. The largest absolute Gasteiger partial charge is 0.494 e. The van der Waals surface area contributed by atoms with E-state index in [0.717, 1.165) is 29.1 Å². The zero-order chi connectivity index (χ0) is 21.5. The van der Waals surface area contributed by atoms with Crippen LogP contribution in [0.15, 0.2) is 54.6 Å². The Morgan fingerprint density at radius 2 is 1.20 bits per heavy atom. The van der Waals surface area contributed by atoms with Gasteiger partial charge in [-0.05, 0) is 60.5 Å². The number of hydrogen-bond donors (Lipinski definition) is 0. The fourth-order valence-corrected chi connectivity index (χ4v) is 3.17. The Labute approximate surface area is 175 Å². The van der Waals surface area contributed by atoms with E-state index < -0.39 is 11.6 Å². The maximum atomic E-state index is 13.9. The molecule has 0 bridgehead atoms. The fourth-order valence-electron chi connectivity index (χ4n) is 3.17. The van der Waals surface area contributed by atoms with Gasteiger partial charge in [0.05, 0.1) is 14.2 Å². The number of methoxy groups -OCH3 is 2. The third kappa shape index (κ3) is 4.92. The highest BCUT2D eigenvalue weighted by molar-refractivity contribution is 5.69. The molecule has 5 heteroatoms. The molecule has 0 aliphatic heterocycles. The summed E-state index contributed by atoms with van der Waals surface area (Å²) < 4.78 is 39.9. The molecule has 0 radical (unpaired) electrons. The van der Waals surface area contributed by atoms with Crippen LogP contribution in [0.5, 0.6) is 11.5 Å². The third-order valence-electron chi connectivity index (χ3n) is 4.72. The smallest absolute Gasteiger partial charge is 0.205 e. The van der Waals surface area contributed by atoms with Crippen LogP contribution in [-0.4, -0.2) is 14.2 Å². The van der Waals surface area contributed by atoms with Crippen LogP contribution in [-0.2, 0) is 6.54 Å².